The van der Waals surface area contributed by atoms with Gasteiger partial charge in [-0.2, -0.15) is 4.98 Å². The Hall–Kier alpha value is -2.22. The monoisotopic (exact) mass is 263 g/mol. The third-order valence-electron chi connectivity index (χ3n) is 3.45. The minimum Gasteiger partial charge on any atom is -0.480 e. The van der Waals surface area contributed by atoms with E-state index in [4.69, 9.17) is 15.4 Å². The summed E-state index contributed by atoms with van der Waals surface area (Å²) in [6, 6.07) is 0. The topological polar surface area (TPSA) is 118 Å². The maximum atomic E-state index is 11.2. The second-order valence-corrected chi connectivity index (χ2v) is 4.78. The summed E-state index contributed by atoms with van der Waals surface area (Å²) in [7, 11) is 0. The van der Waals surface area contributed by atoms with Gasteiger partial charge < -0.3 is 20.3 Å². The SMILES string of the molecule is Cc1noc2ncnc(N3CCC(N)(C(=O)O)C3)c12. The summed E-state index contributed by atoms with van der Waals surface area (Å²) >= 11 is 0. The summed E-state index contributed by atoms with van der Waals surface area (Å²) in [6.45, 7) is 2.53. The summed E-state index contributed by atoms with van der Waals surface area (Å²) < 4.78 is 5.07. The van der Waals surface area contributed by atoms with Gasteiger partial charge in [-0.1, -0.05) is 5.16 Å². The van der Waals surface area contributed by atoms with Gasteiger partial charge in [0, 0.05) is 13.1 Å². The summed E-state index contributed by atoms with van der Waals surface area (Å²) in [5.74, 6) is -0.375. The molecule has 3 rings (SSSR count). The molecule has 8 nitrogen and oxygen atoms in total. The van der Waals surface area contributed by atoms with E-state index in [0.29, 0.717) is 35.6 Å². The van der Waals surface area contributed by atoms with Crippen molar-refractivity contribution in [2.24, 2.45) is 5.73 Å². The largest absolute Gasteiger partial charge is 0.480 e. The van der Waals surface area contributed by atoms with Crippen molar-refractivity contribution in [3.05, 3.63) is 12.0 Å². The van der Waals surface area contributed by atoms with Crippen molar-refractivity contribution in [3.63, 3.8) is 0 Å². The van der Waals surface area contributed by atoms with Gasteiger partial charge in [0.25, 0.3) is 5.71 Å². The highest BCUT2D eigenvalue weighted by Gasteiger charge is 2.42. The molecule has 2 aromatic rings. The molecule has 2 aromatic heterocycles. The molecule has 3 N–H and O–H groups in total. The number of nitrogens with two attached hydrogens (primary N) is 1. The van der Waals surface area contributed by atoms with Crippen LogP contribution in [0.3, 0.4) is 0 Å². The Kier molecular flexibility index (Phi) is 2.42. The molecule has 1 aliphatic rings. The van der Waals surface area contributed by atoms with Crippen molar-refractivity contribution in [1.82, 2.24) is 15.1 Å². The summed E-state index contributed by atoms with van der Waals surface area (Å²) in [5.41, 5.74) is 5.70. The van der Waals surface area contributed by atoms with E-state index in [1.807, 2.05) is 4.90 Å². The van der Waals surface area contributed by atoms with Gasteiger partial charge in [-0.3, -0.25) is 4.79 Å². The Bertz CT molecular complexity index is 655. The number of rotatable bonds is 2. The summed E-state index contributed by atoms with van der Waals surface area (Å²) in [4.78, 5) is 21.2. The van der Waals surface area contributed by atoms with E-state index >= 15 is 0 Å². The highest BCUT2D eigenvalue weighted by molar-refractivity contribution is 5.89. The highest BCUT2D eigenvalue weighted by Crippen LogP contribution is 2.30. The number of anilines is 1. The van der Waals surface area contributed by atoms with Gasteiger partial charge >= 0.3 is 5.97 Å². The number of fused-ring (bicyclic) bond motifs is 1. The molecule has 0 spiro atoms. The van der Waals surface area contributed by atoms with E-state index in [9.17, 15) is 4.79 Å². The summed E-state index contributed by atoms with van der Waals surface area (Å²) in [6.07, 6.45) is 1.75. The Balaban J connectivity index is 2.03. The zero-order valence-electron chi connectivity index (χ0n) is 10.3. The predicted molar refractivity (Wildman–Crippen MR) is 65.7 cm³/mol. The number of hydrogen-bond acceptors (Lipinski definition) is 7. The first-order chi connectivity index (χ1) is 9.01. The smallest absolute Gasteiger partial charge is 0.325 e. The van der Waals surface area contributed by atoms with Gasteiger partial charge in [-0.05, 0) is 13.3 Å². The Morgan fingerprint density at radius 1 is 1.58 bits per heavy atom. The van der Waals surface area contributed by atoms with Gasteiger partial charge in [0.2, 0.25) is 0 Å². The number of aliphatic carboxylic acids is 1. The van der Waals surface area contributed by atoms with Crippen molar-refractivity contribution >= 4 is 22.9 Å². The Labute approximate surface area is 108 Å². The lowest BCUT2D eigenvalue weighted by Crippen LogP contribution is -2.50. The average molecular weight is 263 g/mol. The fraction of sp³-hybridized carbons (Fsp3) is 0.455. The third-order valence-corrected chi connectivity index (χ3v) is 3.45. The van der Waals surface area contributed by atoms with Crippen LogP contribution in [0.25, 0.3) is 11.1 Å². The van der Waals surface area contributed by atoms with Crippen molar-refractivity contribution in [1.29, 1.82) is 0 Å². The van der Waals surface area contributed by atoms with E-state index in [0.717, 1.165) is 0 Å². The molecule has 3 heterocycles. The lowest BCUT2D eigenvalue weighted by Gasteiger charge is -2.20. The molecule has 1 unspecified atom stereocenters. The van der Waals surface area contributed by atoms with Crippen LogP contribution in [0.5, 0.6) is 0 Å². The van der Waals surface area contributed by atoms with Crippen LogP contribution in [0.4, 0.5) is 5.82 Å². The molecular weight excluding hydrogens is 250 g/mol. The van der Waals surface area contributed by atoms with Crippen LogP contribution < -0.4 is 10.6 Å². The first kappa shape index (κ1) is 11.8. The molecule has 0 aromatic carbocycles. The lowest BCUT2D eigenvalue weighted by atomic mass is 10.0. The standard InChI is InChI=1S/C11H13N5O3/c1-6-7-8(13-5-14-9(7)19-15-6)16-3-2-11(12,4-16)10(17)18/h5H,2-4,12H2,1H3,(H,17,18). The lowest BCUT2D eigenvalue weighted by molar-refractivity contribution is -0.142. The molecule has 19 heavy (non-hydrogen) atoms. The van der Waals surface area contributed by atoms with E-state index in [-0.39, 0.29) is 6.54 Å². The maximum absolute atomic E-state index is 11.2. The van der Waals surface area contributed by atoms with Gasteiger partial charge in [0.05, 0.1) is 5.69 Å². The minimum absolute atomic E-state index is 0.207. The van der Waals surface area contributed by atoms with Crippen LogP contribution in [-0.4, -0.2) is 44.8 Å². The van der Waals surface area contributed by atoms with Gasteiger partial charge in [0.1, 0.15) is 23.1 Å². The van der Waals surface area contributed by atoms with Crippen LogP contribution in [0.15, 0.2) is 10.9 Å². The molecule has 1 saturated heterocycles. The minimum atomic E-state index is -1.23. The predicted octanol–water partition coefficient (Wildman–Crippen LogP) is -0.0816. The molecule has 1 aliphatic heterocycles. The van der Waals surface area contributed by atoms with E-state index in [2.05, 4.69) is 15.1 Å². The van der Waals surface area contributed by atoms with Crippen molar-refractivity contribution in [2.75, 3.05) is 18.0 Å². The number of aromatic nitrogens is 3. The van der Waals surface area contributed by atoms with Crippen molar-refractivity contribution in [3.8, 4) is 0 Å². The molecular formula is C11H13N5O3. The maximum Gasteiger partial charge on any atom is 0.325 e. The number of carboxylic acids is 1. The molecule has 8 heteroatoms. The molecule has 0 radical (unpaired) electrons. The van der Waals surface area contributed by atoms with E-state index in [1.165, 1.54) is 6.33 Å². The molecule has 0 saturated carbocycles. The van der Waals surface area contributed by atoms with Crippen LogP contribution in [-0.2, 0) is 4.79 Å². The zero-order chi connectivity index (χ0) is 13.6. The van der Waals surface area contributed by atoms with Crippen LogP contribution >= 0.6 is 0 Å². The molecule has 0 bridgehead atoms. The third kappa shape index (κ3) is 1.72. The van der Waals surface area contributed by atoms with Gasteiger partial charge in [-0.15, -0.1) is 0 Å². The molecule has 0 aliphatic carbocycles. The Morgan fingerprint density at radius 2 is 2.37 bits per heavy atom. The normalized spacial score (nSPS) is 23.2. The van der Waals surface area contributed by atoms with Crippen LogP contribution in [0, 0.1) is 6.92 Å². The number of carboxylic acid groups (broad SMARTS) is 1. The quantitative estimate of drug-likeness (QED) is 0.772. The van der Waals surface area contributed by atoms with Crippen LogP contribution in [0.2, 0.25) is 0 Å². The van der Waals surface area contributed by atoms with Gasteiger partial charge in [0.15, 0.2) is 0 Å². The fourth-order valence-electron chi connectivity index (χ4n) is 2.33. The average Bonchev–Trinajstić information content (AvgIpc) is 2.95. The zero-order valence-corrected chi connectivity index (χ0v) is 10.3. The second kappa shape index (κ2) is 3.89. The number of hydrogen-bond donors (Lipinski definition) is 2. The molecule has 1 atom stereocenters. The highest BCUT2D eigenvalue weighted by atomic mass is 16.5. The first-order valence-corrected chi connectivity index (χ1v) is 5.85. The molecule has 100 valence electrons. The fourth-order valence-corrected chi connectivity index (χ4v) is 2.33. The number of aryl methyl sites for hydroxylation is 1. The number of nitrogens with zero attached hydrogens (tertiary/aromatic N) is 4. The second-order valence-electron chi connectivity index (χ2n) is 4.78. The van der Waals surface area contributed by atoms with E-state index in [1.54, 1.807) is 6.92 Å². The van der Waals surface area contributed by atoms with E-state index < -0.39 is 11.5 Å². The van der Waals surface area contributed by atoms with Crippen molar-refractivity contribution < 1.29 is 14.4 Å². The van der Waals surface area contributed by atoms with Gasteiger partial charge in [-0.25, -0.2) is 4.98 Å². The molecule has 0 amide bonds. The summed E-state index contributed by atoms with van der Waals surface area (Å²) in [5, 5.41) is 13.7. The Morgan fingerprint density at radius 3 is 3.05 bits per heavy atom. The number of carbonyl (C=O) groups is 1. The van der Waals surface area contributed by atoms with Crippen molar-refractivity contribution in [2.45, 2.75) is 18.9 Å². The van der Waals surface area contributed by atoms with Crippen LogP contribution in [0.1, 0.15) is 12.1 Å². The molecule has 1 fully saturated rings. The first-order valence-electron chi connectivity index (χ1n) is 5.85.